The number of nitrogens with zero attached hydrogens (tertiary/aromatic N) is 2. The zero-order valence-corrected chi connectivity index (χ0v) is 25.4. The Hall–Kier alpha value is -3.65. The predicted octanol–water partition coefficient (Wildman–Crippen LogP) is 4.93. The number of anilines is 1. The molecule has 2 amide bonds. The lowest BCUT2D eigenvalue weighted by molar-refractivity contribution is -0.140. The topological polar surface area (TPSA) is 86.8 Å². The molecule has 40 heavy (non-hydrogen) atoms. The van der Waals surface area contributed by atoms with Crippen molar-refractivity contribution < 1.29 is 18.0 Å². The van der Waals surface area contributed by atoms with E-state index in [1.54, 1.807) is 12.1 Å². The minimum Gasteiger partial charge on any atom is -0.350 e. The molecule has 0 bridgehead atoms. The van der Waals surface area contributed by atoms with Gasteiger partial charge in [0, 0.05) is 18.5 Å². The fourth-order valence-corrected chi connectivity index (χ4v) is 5.48. The van der Waals surface area contributed by atoms with Crippen molar-refractivity contribution in [1.82, 2.24) is 10.2 Å². The monoisotopic (exact) mass is 563 g/mol. The first kappa shape index (κ1) is 30.9. The van der Waals surface area contributed by atoms with Crippen LogP contribution < -0.4 is 9.62 Å². The Balaban J connectivity index is 2.11. The van der Waals surface area contributed by atoms with Gasteiger partial charge in [-0.25, -0.2) is 8.42 Å². The van der Waals surface area contributed by atoms with E-state index in [0.29, 0.717) is 5.69 Å². The van der Waals surface area contributed by atoms with Crippen LogP contribution in [-0.2, 0) is 32.6 Å². The molecule has 0 aromatic heterocycles. The first-order valence-electron chi connectivity index (χ1n) is 13.4. The maximum Gasteiger partial charge on any atom is 0.244 e. The highest BCUT2D eigenvalue weighted by molar-refractivity contribution is 7.92. The van der Waals surface area contributed by atoms with E-state index in [0.717, 1.165) is 38.4 Å². The molecular formula is C32H41N3O4S. The first-order valence-corrected chi connectivity index (χ1v) is 15.3. The van der Waals surface area contributed by atoms with Gasteiger partial charge in [-0.15, -0.1) is 0 Å². The fourth-order valence-electron chi connectivity index (χ4n) is 4.58. The van der Waals surface area contributed by atoms with Crippen LogP contribution >= 0.6 is 0 Å². The number of benzene rings is 3. The molecule has 1 unspecified atom stereocenters. The lowest BCUT2D eigenvalue weighted by Crippen LogP contribution is -2.56. The summed E-state index contributed by atoms with van der Waals surface area (Å²) in [5, 5.41) is 3.04. The summed E-state index contributed by atoms with van der Waals surface area (Å²) in [5.41, 5.74) is 4.37. The molecule has 8 heteroatoms. The highest BCUT2D eigenvalue weighted by Crippen LogP contribution is 2.26. The second kappa shape index (κ2) is 12.7. The molecule has 7 nitrogen and oxygen atoms in total. The van der Waals surface area contributed by atoms with Crippen molar-refractivity contribution in [2.75, 3.05) is 17.1 Å². The molecule has 1 N–H and O–H groups in total. The highest BCUT2D eigenvalue weighted by atomic mass is 32.2. The number of hydrogen-bond acceptors (Lipinski definition) is 4. The van der Waals surface area contributed by atoms with Gasteiger partial charge < -0.3 is 10.2 Å². The van der Waals surface area contributed by atoms with Gasteiger partial charge in [-0.1, -0.05) is 66.7 Å². The number of aryl methyl sites for hydroxylation is 2. The number of carbonyl (C=O) groups is 2. The summed E-state index contributed by atoms with van der Waals surface area (Å²) in [5.74, 6) is -0.754. The molecule has 214 valence electrons. The minimum absolute atomic E-state index is 0.158. The van der Waals surface area contributed by atoms with Crippen molar-refractivity contribution >= 4 is 27.5 Å². The van der Waals surface area contributed by atoms with Gasteiger partial charge in [-0.2, -0.15) is 0 Å². The summed E-state index contributed by atoms with van der Waals surface area (Å²) in [6.07, 6.45) is 1.38. The van der Waals surface area contributed by atoms with Crippen LogP contribution in [0.1, 0.15) is 48.6 Å². The van der Waals surface area contributed by atoms with Crippen molar-refractivity contribution in [2.24, 2.45) is 0 Å². The van der Waals surface area contributed by atoms with E-state index in [-0.39, 0.29) is 18.9 Å². The average Bonchev–Trinajstić information content (AvgIpc) is 2.86. The van der Waals surface area contributed by atoms with E-state index in [1.807, 2.05) is 102 Å². The second-order valence-electron chi connectivity index (χ2n) is 11.4. The van der Waals surface area contributed by atoms with Gasteiger partial charge in [0.05, 0.1) is 11.9 Å². The Bertz CT molecular complexity index is 1450. The normalized spacial score (nSPS) is 12.5. The molecule has 0 radical (unpaired) electrons. The Labute approximate surface area is 239 Å². The van der Waals surface area contributed by atoms with Crippen LogP contribution in [0.4, 0.5) is 5.69 Å². The van der Waals surface area contributed by atoms with Crippen LogP contribution in [0.25, 0.3) is 0 Å². The molecule has 0 aliphatic heterocycles. The Kier molecular flexibility index (Phi) is 9.79. The highest BCUT2D eigenvalue weighted by Gasteiger charge is 2.34. The third-order valence-electron chi connectivity index (χ3n) is 6.90. The predicted molar refractivity (Wildman–Crippen MR) is 162 cm³/mol. The molecule has 0 fully saturated rings. The van der Waals surface area contributed by atoms with Crippen molar-refractivity contribution in [1.29, 1.82) is 0 Å². The lowest BCUT2D eigenvalue weighted by Gasteiger charge is -2.35. The number of hydrogen-bond donors (Lipinski definition) is 1. The lowest BCUT2D eigenvalue weighted by atomic mass is 10.00. The molecule has 0 aliphatic rings. The molecule has 3 rings (SSSR count). The molecule has 3 aromatic carbocycles. The Morgan fingerprint density at radius 3 is 2.05 bits per heavy atom. The van der Waals surface area contributed by atoms with E-state index in [9.17, 15) is 18.0 Å². The summed E-state index contributed by atoms with van der Waals surface area (Å²) in [7, 11) is -3.82. The molecule has 0 heterocycles. The van der Waals surface area contributed by atoms with Crippen LogP contribution in [0.5, 0.6) is 0 Å². The zero-order valence-electron chi connectivity index (χ0n) is 24.6. The third kappa shape index (κ3) is 8.18. The van der Waals surface area contributed by atoms with Crippen molar-refractivity contribution in [2.45, 2.75) is 66.1 Å². The van der Waals surface area contributed by atoms with Crippen LogP contribution in [0.15, 0.2) is 72.8 Å². The second-order valence-corrected chi connectivity index (χ2v) is 13.3. The molecule has 1 atom stereocenters. The number of rotatable bonds is 10. The summed E-state index contributed by atoms with van der Waals surface area (Å²) in [6.45, 7) is 11.1. The average molecular weight is 564 g/mol. The van der Waals surface area contributed by atoms with Crippen LogP contribution in [0.2, 0.25) is 0 Å². The van der Waals surface area contributed by atoms with Crippen molar-refractivity contribution in [3.63, 3.8) is 0 Å². The fraction of sp³-hybridized carbons (Fsp3) is 0.375. The summed E-state index contributed by atoms with van der Waals surface area (Å²) in [4.78, 5) is 29.6. The number of sulfonamides is 1. The molecule has 0 saturated carbocycles. The van der Waals surface area contributed by atoms with E-state index < -0.39 is 34.1 Å². The van der Waals surface area contributed by atoms with Gasteiger partial charge in [-0.05, 0) is 75.4 Å². The molecular weight excluding hydrogens is 522 g/mol. The quantitative estimate of drug-likeness (QED) is 0.379. The van der Waals surface area contributed by atoms with Crippen LogP contribution in [0.3, 0.4) is 0 Å². The van der Waals surface area contributed by atoms with Gasteiger partial charge >= 0.3 is 0 Å². The molecule has 0 saturated heterocycles. The van der Waals surface area contributed by atoms with Gasteiger partial charge in [0.25, 0.3) is 0 Å². The van der Waals surface area contributed by atoms with E-state index in [1.165, 1.54) is 4.90 Å². The van der Waals surface area contributed by atoms with E-state index in [2.05, 4.69) is 5.32 Å². The smallest absolute Gasteiger partial charge is 0.244 e. The number of nitrogens with one attached hydrogen (secondary N) is 1. The standard InChI is InChI=1S/C32H41N3O4S/c1-23-15-13-19-28(25(23)3)35(40(7,38)39)22-30(36)34(21-27-18-12-11-14-24(27)2)29(31(37)33-32(4,5)6)20-26-16-9-8-10-17-26/h8-19,29H,20-22H2,1-7H3,(H,33,37). The summed E-state index contributed by atoms with van der Waals surface area (Å²) in [6, 6.07) is 21.8. The maximum absolute atomic E-state index is 14.2. The Morgan fingerprint density at radius 2 is 1.45 bits per heavy atom. The summed E-state index contributed by atoms with van der Waals surface area (Å²) >= 11 is 0. The number of amides is 2. The summed E-state index contributed by atoms with van der Waals surface area (Å²) < 4.78 is 27.2. The van der Waals surface area contributed by atoms with E-state index >= 15 is 0 Å². The van der Waals surface area contributed by atoms with Gasteiger partial charge in [0.1, 0.15) is 12.6 Å². The largest absolute Gasteiger partial charge is 0.350 e. The maximum atomic E-state index is 14.2. The molecule has 3 aromatic rings. The van der Waals surface area contributed by atoms with Gasteiger partial charge in [0.2, 0.25) is 21.8 Å². The van der Waals surface area contributed by atoms with Crippen LogP contribution in [0, 0.1) is 20.8 Å². The molecule has 0 aliphatic carbocycles. The third-order valence-corrected chi connectivity index (χ3v) is 8.02. The van der Waals surface area contributed by atoms with Crippen LogP contribution in [-0.4, -0.2) is 49.5 Å². The Morgan fingerprint density at radius 1 is 0.850 bits per heavy atom. The number of carbonyl (C=O) groups excluding carboxylic acids is 2. The van der Waals surface area contributed by atoms with Crippen molar-refractivity contribution in [3.8, 4) is 0 Å². The van der Waals surface area contributed by atoms with Gasteiger partial charge in [-0.3, -0.25) is 13.9 Å². The SMILES string of the molecule is Cc1ccccc1CN(C(=O)CN(c1cccc(C)c1C)S(C)(=O)=O)C(Cc1ccccc1)C(=O)NC(C)(C)C. The van der Waals surface area contributed by atoms with Crippen molar-refractivity contribution in [3.05, 3.63) is 101 Å². The minimum atomic E-state index is -3.82. The molecule has 0 spiro atoms. The first-order chi connectivity index (χ1) is 18.7. The van der Waals surface area contributed by atoms with Gasteiger partial charge in [0.15, 0.2) is 0 Å². The van der Waals surface area contributed by atoms with E-state index in [4.69, 9.17) is 0 Å². The zero-order chi connectivity index (χ0) is 29.7.